The van der Waals surface area contributed by atoms with Crippen LogP contribution in [0.3, 0.4) is 0 Å². The number of hydrogen-bond acceptors (Lipinski definition) is 5. The van der Waals surface area contributed by atoms with E-state index in [-0.39, 0.29) is 0 Å². The molecule has 0 radical (unpaired) electrons. The van der Waals surface area contributed by atoms with Crippen molar-refractivity contribution in [3.63, 3.8) is 0 Å². The first-order valence-corrected chi connectivity index (χ1v) is 6.64. The first kappa shape index (κ1) is 14.0. The number of rotatable bonds is 1. The van der Waals surface area contributed by atoms with Gasteiger partial charge >= 0.3 is 13.2 Å². The van der Waals surface area contributed by atoms with Crippen LogP contribution in [-0.2, 0) is 9.31 Å². The third-order valence-electron chi connectivity index (χ3n) is 4.14. The van der Waals surface area contributed by atoms with E-state index in [1.165, 1.54) is 6.20 Å². The van der Waals surface area contributed by atoms with Crippen LogP contribution < -0.4 is 5.46 Å². The van der Waals surface area contributed by atoms with Crippen LogP contribution in [0, 0.1) is 0 Å². The van der Waals surface area contributed by atoms with E-state index in [9.17, 15) is 4.79 Å². The van der Waals surface area contributed by atoms with E-state index in [0.29, 0.717) is 11.0 Å². The maximum absolute atomic E-state index is 11.0. The Kier molecular flexibility index (Phi) is 2.86. The summed E-state index contributed by atoms with van der Waals surface area (Å²) >= 11 is 0. The summed E-state index contributed by atoms with van der Waals surface area (Å²) in [6.07, 6.45) is 1.86. The molecule has 1 fully saturated rings. The van der Waals surface area contributed by atoms with Crippen molar-refractivity contribution in [1.29, 1.82) is 0 Å². The third kappa shape index (κ3) is 2.11. The number of carboxylic acid groups (broad SMARTS) is 1. The average Bonchev–Trinajstić information content (AvgIpc) is 2.87. The molecule has 0 unspecified atom stereocenters. The second-order valence-electron chi connectivity index (χ2n) is 6.11. The van der Waals surface area contributed by atoms with Gasteiger partial charge in [0.2, 0.25) is 0 Å². The van der Waals surface area contributed by atoms with Crippen molar-refractivity contribution >= 4 is 29.7 Å². The van der Waals surface area contributed by atoms with Crippen molar-refractivity contribution in [2.24, 2.45) is 0 Å². The molecule has 21 heavy (non-hydrogen) atoms. The minimum Gasteiger partial charge on any atom is -0.463 e. The highest BCUT2D eigenvalue weighted by Crippen LogP contribution is 2.36. The molecule has 0 aliphatic carbocycles. The average molecular weight is 289 g/mol. The number of aromatic nitrogens is 3. The molecule has 0 amide bonds. The number of carbonyl (C=O) groups is 1. The molecule has 3 heterocycles. The summed E-state index contributed by atoms with van der Waals surface area (Å²) in [7, 11) is -0.528. The number of fused-ring (bicyclic) bond motifs is 1. The van der Waals surface area contributed by atoms with Crippen molar-refractivity contribution in [3.8, 4) is 0 Å². The van der Waals surface area contributed by atoms with Crippen molar-refractivity contribution in [1.82, 2.24) is 14.8 Å². The molecule has 0 spiro atoms. The van der Waals surface area contributed by atoms with Gasteiger partial charge in [0.1, 0.15) is 0 Å². The maximum atomic E-state index is 11.0. The summed E-state index contributed by atoms with van der Waals surface area (Å²) in [5.41, 5.74) is 0.171. The van der Waals surface area contributed by atoms with Crippen LogP contribution in [0.5, 0.6) is 0 Å². The van der Waals surface area contributed by atoms with Gasteiger partial charge in [0.25, 0.3) is 0 Å². The van der Waals surface area contributed by atoms with Gasteiger partial charge in [-0.1, -0.05) is 0 Å². The zero-order valence-electron chi connectivity index (χ0n) is 12.3. The molecule has 1 saturated heterocycles. The van der Waals surface area contributed by atoms with Gasteiger partial charge in [-0.2, -0.15) is 5.10 Å². The van der Waals surface area contributed by atoms with Crippen LogP contribution in [0.2, 0.25) is 0 Å². The quantitative estimate of drug-likeness (QED) is 0.795. The van der Waals surface area contributed by atoms with Crippen LogP contribution in [0.1, 0.15) is 27.7 Å². The molecule has 0 aromatic carbocycles. The van der Waals surface area contributed by atoms with Gasteiger partial charge in [-0.25, -0.2) is 9.78 Å². The molecule has 0 saturated carbocycles. The van der Waals surface area contributed by atoms with Crippen LogP contribution in [0.4, 0.5) is 4.79 Å². The highest BCUT2D eigenvalue weighted by molar-refractivity contribution is 6.62. The van der Waals surface area contributed by atoms with Crippen LogP contribution >= 0.6 is 0 Å². The van der Waals surface area contributed by atoms with Gasteiger partial charge in [0.15, 0.2) is 5.65 Å². The smallest absolute Gasteiger partial charge is 0.463 e. The van der Waals surface area contributed by atoms with Crippen molar-refractivity contribution in [3.05, 3.63) is 18.5 Å². The lowest BCUT2D eigenvalue weighted by Crippen LogP contribution is -2.41. The molecule has 1 aliphatic heterocycles. The summed E-state index contributed by atoms with van der Waals surface area (Å²) in [6.45, 7) is 7.89. The largest absolute Gasteiger partial charge is 0.496 e. The number of pyridine rings is 1. The Balaban J connectivity index is 1.98. The SMILES string of the molecule is CC1(C)OB(c2cnc3c(cnn3C(=O)O)c2)OC1(C)C. The summed E-state index contributed by atoms with van der Waals surface area (Å²) < 4.78 is 12.7. The lowest BCUT2D eigenvalue weighted by Gasteiger charge is -2.32. The summed E-state index contributed by atoms with van der Waals surface area (Å²) in [5, 5.41) is 13.4. The molecule has 1 N–H and O–H groups in total. The summed E-state index contributed by atoms with van der Waals surface area (Å²) in [6, 6.07) is 1.79. The fourth-order valence-electron chi connectivity index (χ4n) is 2.19. The first-order valence-electron chi connectivity index (χ1n) is 6.64. The first-order chi connectivity index (χ1) is 9.71. The maximum Gasteiger partial charge on any atom is 0.496 e. The zero-order valence-corrected chi connectivity index (χ0v) is 12.3. The molecule has 2 aromatic heterocycles. The van der Waals surface area contributed by atoms with E-state index in [4.69, 9.17) is 14.4 Å². The number of nitrogens with zero attached hydrogens (tertiary/aromatic N) is 3. The molecular weight excluding hydrogens is 273 g/mol. The van der Waals surface area contributed by atoms with Crippen LogP contribution in [-0.4, -0.2) is 44.3 Å². The number of hydrogen-bond donors (Lipinski definition) is 1. The van der Waals surface area contributed by atoms with Gasteiger partial charge in [0.05, 0.1) is 17.4 Å². The fraction of sp³-hybridized carbons (Fsp3) is 0.462. The van der Waals surface area contributed by atoms with Gasteiger partial charge in [-0.05, 0) is 33.8 Å². The predicted octanol–water partition coefficient (Wildman–Crippen LogP) is 1.26. The van der Waals surface area contributed by atoms with Crippen LogP contribution in [0.15, 0.2) is 18.5 Å². The standard InChI is InChI=1S/C13H16BN3O4/c1-12(2)13(3,4)21-14(20-12)9-5-8-6-16-17(11(18)19)10(8)15-7-9/h5-7H,1-4H3,(H,18,19). The van der Waals surface area contributed by atoms with Crippen LogP contribution in [0.25, 0.3) is 11.0 Å². The highest BCUT2D eigenvalue weighted by Gasteiger charge is 2.51. The van der Waals surface area contributed by atoms with E-state index in [2.05, 4.69) is 10.1 Å². The molecule has 8 heteroatoms. The molecule has 1 aliphatic rings. The second kappa shape index (κ2) is 4.28. The Bertz CT molecular complexity index is 709. The topological polar surface area (TPSA) is 86.5 Å². The summed E-state index contributed by atoms with van der Waals surface area (Å²) in [4.78, 5) is 15.2. The molecule has 7 nitrogen and oxygen atoms in total. The molecule has 2 aromatic rings. The van der Waals surface area contributed by atoms with Gasteiger partial charge in [0, 0.05) is 17.0 Å². The van der Waals surface area contributed by atoms with E-state index >= 15 is 0 Å². The fourth-order valence-corrected chi connectivity index (χ4v) is 2.19. The van der Waals surface area contributed by atoms with Crippen molar-refractivity contribution < 1.29 is 19.2 Å². The third-order valence-corrected chi connectivity index (χ3v) is 4.14. The molecule has 110 valence electrons. The Morgan fingerprint density at radius 3 is 2.43 bits per heavy atom. The molecular formula is C13H16BN3O4. The van der Waals surface area contributed by atoms with Gasteiger partial charge in [-0.3, -0.25) is 0 Å². The van der Waals surface area contributed by atoms with E-state index in [1.807, 2.05) is 27.7 Å². The predicted molar refractivity (Wildman–Crippen MR) is 76.7 cm³/mol. The Labute approximate surface area is 122 Å². The van der Waals surface area contributed by atoms with E-state index in [0.717, 1.165) is 10.1 Å². The monoisotopic (exact) mass is 289 g/mol. The normalized spacial score (nSPS) is 20.1. The van der Waals surface area contributed by atoms with Crippen molar-refractivity contribution in [2.45, 2.75) is 38.9 Å². The lowest BCUT2D eigenvalue weighted by molar-refractivity contribution is 0.00578. The van der Waals surface area contributed by atoms with Gasteiger partial charge < -0.3 is 14.4 Å². The Morgan fingerprint density at radius 2 is 1.86 bits per heavy atom. The lowest BCUT2D eigenvalue weighted by atomic mass is 9.80. The van der Waals surface area contributed by atoms with Crippen molar-refractivity contribution in [2.75, 3.05) is 0 Å². The molecule has 0 bridgehead atoms. The van der Waals surface area contributed by atoms with E-state index < -0.39 is 24.4 Å². The Morgan fingerprint density at radius 1 is 1.24 bits per heavy atom. The zero-order chi connectivity index (χ0) is 15.4. The second-order valence-corrected chi connectivity index (χ2v) is 6.11. The minimum atomic E-state index is -1.17. The van der Waals surface area contributed by atoms with E-state index in [1.54, 1.807) is 12.3 Å². The summed E-state index contributed by atoms with van der Waals surface area (Å²) in [5.74, 6) is 0. The minimum absolute atomic E-state index is 0.294. The molecule has 0 atom stereocenters. The molecule has 3 rings (SSSR count). The highest BCUT2D eigenvalue weighted by atomic mass is 16.7. The van der Waals surface area contributed by atoms with Gasteiger partial charge in [-0.15, -0.1) is 4.68 Å². The Hall–Kier alpha value is -1.93.